The van der Waals surface area contributed by atoms with Crippen LogP contribution < -0.4 is 4.90 Å². The van der Waals surface area contributed by atoms with Gasteiger partial charge >= 0.3 is 0 Å². The molecule has 0 unspecified atom stereocenters. The number of nitrogens with zero attached hydrogens (tertiary/aromatic N) is 3. The number of ketones is 1. The Morgan fingerprint density at radius 2 is 1.81 bits per heavy atom. The molecule has 1 fully saturated rings. The number of carbonyl (C=O) groups is 1. The van der Waals surface area contributed by atoms with Crippen LogP contribution in [0, 0.1) is 11.7 Å². The number of hydrogen-bond acceptors (Lipinski definition) is 4. The molecule has 0 saturated carbocycles. The molecule has 0 spiro atoms. The second-order valence-electron chi connectivity index (χ2n) is 6.47. The summed E-state index contributed by atoms with van der Waals surface area (Å²) in [6, 6.07) is 11.9. The van der Waals surface area contributed by atoms with Crippen molar-refractivity contribution in [1.82, 2.24) is 9.97 Å². The van der Waals surface area contributed by atoms with Gasteiger partial charge in [0.2, 0.25) is 0 Å². The molecule has 0 radical (unpaired) electrons. The fourth-order valence-electron chi connectivity index (χ4n) is 3.49. The van der Waals surface area contributed by atoms with Gasteiger partial charge in [-0.25, -0.2) is 14.4 Å². The highest BCUT2D eigenvalue weighted by atomic mass is 35.5. The monoisotopic (exact) mass is 369 g/mol. The predicted molar refractivity (Wildman–Crippen MR) is 100 cm³/mol. The van der Waals surface area contributed by atoms with E-state index >= 15 is 0 Å². The Labute approximate surface area is 155 Å². The van der Waals surface area contributed by atoms with Gasteiger partial charge in [0.25, 0.3) is 0 Å². The highest BCUT2D eigenvalue weighted by Gasteiger charge is 2.27. The minimum Gasteiger partial charge on any atom is -0.356 e. The van der Waals surface area contributed by atoms with E-state index in [9.17, 15) is 9.18 Å². The van der Waals surface area contributed by atoms with Gasteiger partial charge in [0.1, 0.15) is 23.5 Å². The van der Waals surface area contributed by atoms with E-state index in [-0.39, 0.29) is 17.5 Å². The fourth-order valence-corrected chi connectivity index (χ4v) is 3.62. The molecule has 4 rings (SSSR count). The lowest BCUT2D eigenvalue weighted by molar-refractivity contribution is 0.0900. The minimum atomic E-state index is -0.348. The maximum absolute atomic E-state index is 14.0. The third-order valence-electron chi connectivity index (χ3n) is 4.89. The lowest BCUT2D eigenvalue weighted by Crippen LogP contribution is -2.37. The maximum Gasteiger partial charge on any atom is 0.166 e. The van der Waals surface area contributed by atoms with Gasteiger partial charge in [-0.2, -0.15) is 0 Å². The number of aromatic nitrogens is 2. The highest BCUT2D eigenvalue weighted by molar-refractivity contribution is 6.30. The molecule has 0 amide bonds. The number of benzene rings is 2. The summed E-state index contributed by atoms with van der Waals surface area (Å²) in [6.07, 6.45) is 2.87. The van der Waals surface area contributed by atoms with Gasteiger partial charge in [0, 0.05) is 35.0 Å². The Balaban J connectivity index is 1.51. The average molecular weight is 370 g/mol. The largest absolute Gasteiger partial charge is 0.356 e. The van der Waals surface area contributed by atoms with Crippen LogP contribution in [0.3, 0.4) is 0 Å². The molecular weight excluding hydrogens is 353 g/mol. The number of hydrogen-bond donors (Lipinski definition) is 0. The first-order valence-corrected chi connectivity index (χ1v) is 8.95. The van der Waals surface area contributed by atoms with Crippen LogP contribution in [0.15, 0.2) is 48.8 Å². The van der Waals surface area contributed by atoms with E-state index in [0.717, 1.165) is 18.7 Å². The van der Waals surface area contributed by atoms with Crippen molar-refractivity contribution in [2.75, 3.05) is 18.0 Å². The average Bonchev–Trinajstić information content (AvgIpc) is 2.68. The smallest absolute Gasteiger partial charge is 0.166 e. The number of para-hydroxylation sites is 1. The minimum absolute atomic E-state index is 0.0164. The van der Waals surface area contributed by atoms with Gasteiger partial charge in [-0.3, -0.25) is 4.79 Å². The van der Waals surface area contributed by atoms with E-state index in [4.69, 9.17) is 11.6 Å². The Kier molecular flexibility index (Phi) is 4.55. The Hall–Kier alpha value is -2.53. The normalized spacial score (nSPS) is 15.4. The zero-order valence-electron chi connectivity index (χ0n) is 14.0. The quantitative estimate of drug-likeness (QED) is 0.637. The molecule has 2 aromatic carbocycles. The number of anilines is 1. The van der Waals surface area contributed by atoms with Crippen LogP contribution in [0.25, 0.3) is 10.9 Å². The molecule has 4 nitrogen and oxygen atoms in total. The van der Waals surface area contributed by atoms with Gasteiger partial charge in [-0.15, -0.1) is 0 Å². The van der Waals surface area contributed by atoms with Crippen LogP contribution in [0.1, 0.15) is 23.2 Å². The standard InChI is InChI=1S/C20H17ClFN3O/c21-15-6-4-13(5-7-15)19(26)14-8-10-25(11-9-14)20-16-2-1-3-17(22)18(16)23-12-24-20/h1-7,12,14H,8-11H2. The van der Waals surface area contributed by atoms with Crippen molar-refractivity contribution in [2.45, 2.75) is 12.8 Å². The molecule has 3 aromatic rings. The van der Waals surface area contributed by atoms with Crippen molar-refractivity contribution in [1.29, 1.82) is 0 Å². The number of Topliss-reactive ketones (excluding diaryl/α,β-unsaturated/α-hetero) is 1. The Bertz CT molecular complexity index is 953. The van der Waals surface area contributed by atoms with Crippen LogP contribution in [0.2, 0.25) is 5.02 Å². The topological polar surface area (TPSA) is 46.1 Å². The number of rotatable bonds is 3. The zero-order chi connectivity index (χ0) is 18.1. The first-order valence-electron chi connectivity index (χ1n) is 8.57. The molecule has 0 N–H and O–H groups in total. The Morgan fingerprint density at radius 3 is 2.54 bits per heavy atom. The number of piperidine rings is 1. The maximum atomic E-state index is 14.0. The van der Waals surface area contributed by atoms with E-state index in [0.29, 0.717) is 34.6 Å². The van der Waals surface area contributed by atoms with Crippen molar-refractivity contribution in [3.63, 3.8) is 0 Å². The summed E-state index contributed by atoms with van der Waals surface area (Å²) in [5.41, 5.74) is 1.03. The summed E-state index contributed by atoms with van der Waals surface area (Å²) in [4.78, 5) is 23.2. The summed E-state index contributed by atoms with van der Waals surface area (Å²) in [6.45, 7) is 1.40. The molecule has 1 aromatic heterocycles. The number of halogens is 2. The molecule has 0 atom stereocenters. The Morgan fingerprint density at radius 1 is 1.08 bits per heavy atom. The third-order valence-corrected chi connectivity index (χ3v) is 5.14. The van der Waals surface area contributed by atoms with Gasteiger partial charge < -0.3 is 4.90 Å². The highest BCUT2D eigenvalue weighted by Crippen LogP contribution is 2.29. The zero-order valence-corrected chi connectivity index (χ0v) is 14.8. The van der Waals surface area contributed by atoms with E-state index in [2.05, 4.69) is 14.9 Å². The molecule has 1 aliphatic rings. The van der Waals surface area contributed by atoms with Crippen LogP contribution >= 0.6 is 11.6 Å². The SMILES string of the molecule is O=C(c1ccc(Cl)cc1)C1CCN(c2ncnc3c(F)cccc23)CC1. The first-order chi connectivity index (χ1) is 12.6. The lowest BCUT2D eigenvalue weighted by Gasteiger charge is -2.32. The summed E-state index contributed by atoms with van der Waals surface area (Å²) >= 11 is 5.89. The second-order valence-corrected chi connectivity index (χ2v) is 6.90. The van der Waals surface area contributed by atoms with Crippen molar-refractivity contribution >= 4 is 34.1 Å². The molecule has 1 aliphatic heterocycles. The van der Waals surface area contributed by atoms with Crippen molar-refractivity contribution in [3.8, 4) is 0 Å². The first kappa shape index (κ1) is 16.9. The molecule has 6 heteroatoms. The molecule has 0 aliphatic carbocycles. The van der Waals surface area contributed by atoms with E-state index < -0.39 is 0 Å². The van der Waals surface area contributed by atoms with Gasteiger partial charge in [0.05, 0.1) is 0 Å². The second kappa shape index (κ2) is 7.00. The lowest BCUT2D eigenvalue weighted by atomic mass is 9.89. The van der Waals surface area contributed by atoms with Crippen molar-refractivity contribution in [2.24, 2.45) is 5.92 Å². The van der Waals surface area contributed by atoms with E-state index in [1.54, 1.807) is 30.3 Å². The number of carbonyl (C=O) groups excluding carboxylic acids is 1. The van der Waals surface area contributed by atoms with Crippen LogP contribution in [-0.2, 0) is 0 Å². The van der Waals surface area contributed by atoms with Crippen LogP contribution in [0.4, 0.5) is 10.2 Å². The number of fused-ring (bicyclic) bond motifs is 1. The van der Waals surface area contributed by atoms with Gasteiger partial charge in [-0.05, 0) is 49.2 Å². The summed E-state index contributed by atoms with van der Waals surface area (Å²) in [7, 11) is 0. The summed E-state index contributed by atoms with van der Waals surface area (Å²) < 4.78 is 14.0. The van der Waals surface area contributed by atoms with Gasteiger partial charge in [0.15, 0.2) is 5.78 Å². The van der Waals surface area contributed by atoms with Crippen molar-refractivity contribution < 1.29 is 9.18 Å². The van der Waals surface area contributed by atoms with Gasteiger partial charge in [-0.1, -0.05) is 17.7 Å². The predicted octanol–water partition coefficient (Wildman–Crippen LogP) is 4.52. The van der Waals surface area contributed by atoms with Crippen molar-refractivity contribution in [3.05, 3.63) is 65.2 Å². The van der Waals surface area contributed by atoms with E-state index in [1.807, 2.05) is 6.07 Å². The fraction of sp³-hybridized carbons (Fsp3) is 0.250. The van der Waals surface area contributed by atoms with E-state index in [1.165, 1.54) is 12.4 Å². The molecule has 132 valence electrons. The molecule has 1 saturated heterocycles. The molecule has 2 heterocycles. The molecule has 0 bridgehead atoms. The molecular formula is C20H17ClFN3O. The third kappa shape index (κ3) is 3.15. The van der Waals surface area contributed by atoms with Crippen LogP contribution in [-0.4, -0.2) is 28.8 Å². The molecule has 26 heavy (non-hydrogen) atoms. The van der Waals surface area contributed by atoms with Crippen LogP contribution in [0.5, 0.6) is 0 Å². The summed E-state index contributed by atoms with van der Waals surface area (Å²) in [5, 5.41) is 1.33. The summed E-state index contributed by atoms with van der Waals surface area (Å²) in [5.74, 6) is 0.517.